The summed E-state index contributed by atoms with van der Waals surface area (Å²) in [4.78, 5) is 31.5. The van der Waals surface area contributed by atoms with Crippen molar-refractivity contribution >= 4 is 21.7 Å². The first-order valence-corrected chi connectivity index (χ1v) is 9.81. The van der Waals surface area contributed by atoms with Crippen molar-refractivity contribution < 1.29 is 18.0 Å². The highest BCUT2D eigenvalue weighted by Crippen LogP contribution is 2.17. The van der Waals surface area contributed by atoms with Crippen molar-refractivity contribution in [1.29, 1.82) is 0 Å². The summed E-state index contributed by atoms with van der Waals surface area (Å²) < 4.78 is 23.1. The van der Waals surface area contributed by atoms with Gasteiger partial charge in [-0.05, 0) is 37.5 Å². The molecule has 1 fully saturated rings. The quantitative estimate of drug-likeness (QED) is 0.702. The molecule has 1 aliphatic heterocycles. The summed E-state index contributed by atoms with van der Waals surface area (Å²) in [7, 11) is -1.59. The van der Waals surface area contributed by atoms with E-state index in [0.29, 0.717) is 25.9 Å². The number of sulfone groups is 1. The summed E-state index contributed by atoms with van der Waals surface area (Å²) in [6, 6.07) is 3.33. The van der Waals surface area contributed by atoms with Crippen molar-refractivity contribution in [2.24, 2.45) is 0 Å². The Labute approximate surface area is 142 Å². The summed E-state index contributed by atoms with van der Waals surface area (Å²) in [5.74, 6) is -1.22. The van der Waals surface area contributed by atoms with E-state index in [-0.39, 0.29) is 11.5 Å². The number of hydrogen-bond donors (Lipinski definition) is 0. The molecule has 1 aliphatic rings. The minimum absolute atomic E-state index is 0.0638. The molecule has 1 unspecified atom stereocenters. The van der Waals surface area contributed by atoms with Gasteiger partial charge in [0.05, 0.1) is 11.5 Å². The third-order valence-electron chi connectivity index (χ3n) is 4.35. The highest BCUT2D eigenvalue weighted by atomic mass is 32.2. The fourth-order valence-corrected chi connectivity index (χ4v) is 4.52. The van der Waals surface area contributed by atoms with E-state index in [4.69, 9.17) is 0 Å². The van der Waals surface area contributed by atoms with Crippen LogP contribution in [0.4, 0.5) is 0 Å². The Morgan fingerprint density at radius 2 is 1.92 bits per heavy atom. The summed E-state index contributed by atoms with van der Waals surface area (Å²) in [6.45, 7) is 2.67. The predicted molar refractivity (Wildman–Crippen MR) is 90.0 cm³/mol. The van der Waals surface area contributed by atoms with Gasteiger partial charge in [-0.15, -0.1) is 0 Å². The smallest absolute Gasteiger partial charge is 0.312 e. The first-order valence-electron chi connectivity index (χ1n) is 7.99. The van der Waals surface area contributed by atoms with Crippen LogP contribution in [0.5, 0.6) is 0 Å². The van der Waals surface area contributed by atoms with Gasteiger partial charge in [0.2, 0.25) is 0 Å². The van der Waals surface area contributed by atoms with Crippen LogP contribution in [0.25, 0.3) is 0 Å². The second-order valence-corrected chi connectivity index (χ2v) is 8.19. The maximum atomic E-state index is 12.4. The predicted octanol–water partition coefficient (Wildman–Crippen LogP) is 0.118. The van der Waals surface area contributed by atoms with Crippen molar-refractivity contribution in [1.82, 2.24) is 14.8 Å². The molecule has 132 valence electrons. The molecule has 24 heavy (non-hydrogen) atoms. The molecule has 2 rings (SSSR count). The first kappa shape index (κ1) is 18.4. The Bertz CT molecular complexity index is 691. The van der Waals surface area contributed by atoms with Crippen LogP contribution in [-0.2, 0) is 25.8 Å². The van der Waals surface area contributed by atoms with Gasteiger partial charge >= 0.3 is 11.8 Å². The lowest BCUT2D eigenvalue weighted by Gasteiger charge is -2.27. The van der Waals surface area contributed by atoms with Crippen molar-refractivity contribution in [2.45, 2.75) is 25.8 Å². The van der Waals surface area contributed by atoms with E-state index in [1.165, 1.54) is 16.8 Å². The lowest BCUT2D eigenvalue weighted by molar-refractivity contribution is -0.151. The average molecular weight is 353 g/mol. The molecule has 1 aromatic heterocycles. The normalized spacial score (nSPS) is 19.0. The standard InChI is InChI=1S/C16H23N3O4S/c1-3-19(10-6-13-4-8-17-9-5-13)16(21)15(20)18(2)14-7-11-24(22,23)12-14/h4-5,8-9,14H,3,6-7,10-12H2,1-2H3. The van der Waals surface area contributed by atoms with Gasteiger partial charge in [-0.2, -0.15) is 0 Å². The van der Waals surface area contributed by atoms with Crippen LogP contribution in [0.2, 0.25) is 0 Å². The Balaban J connectivity index is 1.95. The number of carbonyl (C=O) groups is 2. The van der Waals surface area contributed by atoms with E-state index in [1.807, 2.05) is 19.1 Å². The maximum absolute atomic E-state index is 12.4. The van der Waals surface area contributed by atoms with Crippen LogP contribution < -0.4 is 0 Å². The molecule has 0 radical (unpaired) electrons. The van der Waals surface area contributed by atoms with Gasteiger partial charge < -0.3 is 9.80 Å². The molecule has 8 heteroatoms. The van der Waals surface area contributed by atoms with Crippen molar-refractivity contribution in [3.63, 3.8) is 0 Å². The fourth-order valence-electron chi connectivity index (χ4n) is 2.75. The number of hydrogen-bond acceptors (Lipinski definition) is 5. The monoisotopic (exact) mass is 353 g/mol. The number of amides is 2. The van der Waals surface area contributed by atoms with Crippen LogP contribution in [0, 0.1) is 0 Å². The summed E-state index contributed by atoms with van der Waals surface area (Å²) in [5, 5.41) is 0. The molecule has 1 atom stereocenters. The first-order chi connectivity index (χ1) is 11.3. The molecule has 2 amide bonds. The van der Waals surface area contributed by atoms with Gasteiger partial charge in [-0.3, -0.25) is 14.6 Å². The largest absolute Gasteiger partial charge is 0.334 e. The van der Waals surface area contributed by atoms with Crippen LogP contribution in [0.3, 0.4) is 0 Å². The van der Waals surface area contributed by atoms with Gasteiger partial charge in [-0.25, -0.2) is 8.42 Å². The van der Waals surface area contributed by atoms with E-state index in [2.05, 4.69) is 4.98 Å². The highest BCUT2D eigenvalue weighted by Gasteiger charge is 2.35. The molecule has 0 aliphatic carbocycles. The van der Waals surface area contributed by atoms with E-state index in [9.17, 15) is 18.0 Å². The Morgan fingerprint density at radius 1 is 1.25 bits per heavy atom. The molecule has 0 saturated carbocycles. The average Bonchev–Trinajstić information content (AvgIpc) is 2.94. The zero-order valence-corrected chi connectivity index (χ0v) is 14.8. The van der Waals surface area contributed by atoms with Gasteiger partial charge in [0.15, 0.2) is 9.84 Å². The number of pyridine rings is 1. The molecule has 2 heterocycles. The molecule has 0 aromatic carbocycles. The van der Waals surface area contributed by atoms with Gasteiger partial charge in [0.1, 0.15) is 0 Å². The van der Waals surface area contributed by atoms with Gasteiger partial charge in [0.25, 0.3) is 0 Å². The Morgan fingerprint density at radius 3 is 2.46 bits per heavy atom. The maximum Gasteiger partial charge on any atom is 0.312 e. The van der Waals surface area contributed by atoms with Crippen molar-refractivity contribution in [2.75, 3.05) is 31.6 Å². The Hall–Kier alpha value is -1.96. The molecule has 1 saturated heterocycles. The fraction of sp³-hybridized carbons (Fsp3) is 0.562. The van der Waals surface area contributed by atoms with Crippen LogP contribution in [0.1, 0.15) is 18.9 Å². The zero-order valence-electron chi connectivity index (χ0n) is 14.0. The molecule has 0 N–H and O–H groups in total. The highest BCUT2D eigenvalue weighted by molar-refractivity contribution is 7.91. The molecule has 0 bridgehead atoms. The number of aromatic nitrogens is 1. The van der Waals surface area contributed by atoms with Crippen LogP contribution >= 0.6 is 0 Å². The minimum Gasteiger partial charge on any atom is -0.334 e. The van der Waals surface area contributed by atoms with E-state index in [1.54, 1.807) is 12.4 Å². The number of likely N-dealkylation sites (N-methyl/N-ethyl adjacent to an activating group) is 2. The molecule has 0 spiro atoms. The third kappa shape index (κ3) is 4.53. The number of carbonyl (C=O) groups excluding carboxylic acids is 2. The SMILES string of the molecule is CCN(CCc1ccncc1)C(=O)C(=O)N(C)C1CCS(=O)(=O)C1. The zero-order chi connectivity index (χ0) is 17.7. The van der Waals surface area contributed by atoms with Crippen LogP contribution in [0.15, 0.2) is 24.5 Å². The third-order valence-corrected chi connectivity index (χ3v) is 6.10. The van der Waals surface area contributed by atoms with Crippen molar-refractivity contribution in [3.8, 4) is 0 Å². The number of nitrogens with zero attached hydrogens (tertiary/aromatic N) is 3. The lowest BCUT2D eigenvalue weighted by Crippen LogP contribution is -2.48. The van der Waals surface area contributed by atoms with Gasteiger partial charge in [0, 0.05) is 38.6 Å². The summed E-state index contributed by atoms with van der Waals surface area (Å²) in [6.07, 6.45) is 4.40. The van der Waals surface area contributed by atoms with E-state index < -0.39 is 27.7 Å². The topological polar surface area (TPSA) is 87.7 Å². The lowest BCUT2D eigenvalue weighted by atomic mass is 10.2. The van der Waals surface area contributed by atoms with Crippen molar-refractivity contribution in [3.05, 3.63) is 30.1 Å². The summed E-state index contributed by atoms with van der Waals surface area (Å²) in [5.41, 5.74) is 1.04. The van der Waals surface area contributed by atoms with E-state index in [0.717, 1.165) is 5.56 Å². The molecule has 7 nitrogen and oxygen atoms in total. The Kier molecular flexibility index (Phi) is 5.93. The van der Waals surface area contributed by atoms with Gasteiger partial charge in [-0.1, -0.05) is 0 Å². The summed E-state index contributed by atoms with van der Waals surface area (Å²) >= 11 is 0. The molecular weight excluding hydrogens is 330 g/mol. The molecular formula is C16H23N3O4S. The second-order valence-electron chi connectivity index (χ2n) is 5.96. The van der Waals surface area contributed by atoms with E-state index >= 15 is 0 Å². The number of rotatable bonds is 5. The minimum atomic E-state index is -3.10. The second kappa shape index (κ2) is 7.74. The van der Waals surface area contributed by atoms with Crippen LogP contribution in [-0.4, -0.2) is 72.7 Å². The molecule has 1 aromatic rings.